The third kappa shape index (κ3) is 3.59. The highest BCUT2D eigenvalue weighted by Gasteiger charge is 2.14. The summed E-state index contributed by atoms with van der Waals surface area (Å²) < 4.78 is 7.69. The Balaban J connectivity index is 2.39. The molecule has 2 nitrogen and oxygen atoms in total. The van der Waals surface area contributed by atoms with Crippen molar-refractivity contribution in [2.75, 3.05) is 6.61 Å². The van der Waals surface area contributed by atoms with Gasteiger partial charge in [-0.05, 0) is 42.8 Å². The third-order valence-electron chi connectivity index (χ3n) is 2.84. The molecule has 100 valence electrons. The smallest absolute Gasteiger partial charge is 0.124 e. The van der Waals surface area contributed by atoms with E-state index in [1.807, 2.05) is 49.4 Å². The van der Waals surface area contributed by atoms with Crippen LogP contribution in [0.4, 0.5) is 0 Å². The highest BCUT2D eigenvalue weighted by atomic mass is 79.9. The second-order valence-corrected chi connectivity index (χ2v) is 5.98. The zero-order chi connectivity index (χ0) is 13.8. The van der Waals surface area contributed by atoms with Crippen molar-refractivity contribution in [2.24, 2.45) is 5.73 Å². The van der Waals surface area contributed by atoms with Gasteiger partial charge in [0.15, 0.2) is 0 Å². The summed E-state index contributed by atoms with van der Waals surface area (Å²) >= 11 is 6.91. The van der Waals surface area contributed by atoms with Gasteiger partial charge in [0, 0.05) is 14.5 Å². The van der Waals surface area contributed by atoms with Gasteiger partial charge in [0.05, 0.1) is 12.6 Å². The van der Waals surface area contributed by atoms with Gasteiger partial charge in [-0.15, -0.1) is 0 Å². The molecular formula is C15H15Br2NO. The fourth-order valence-corrected chi connectivity index (χ4v) is 2.54. The van der Waals surface area contributed by atoms with E-state index < -0.39 is 0 Å². The molecule has 4 heteroatoms. The maximum atomic E-state index is 6.35. The minimum Gasteiger partial charge on any atom is -0.494 e. The lowest BCUT2D eigenvalue weighted by molar-refractivity contribution is 0.335. The lowest BCUT2D eigenvalue weighted by Gasteiger charge is -2.17. The number of halogens is 2. The van der Waals surface area contributed by atoms with Crippen LogP contribution in [0.15, 0.2) is 51.4 Å². The molecule has 0 heterocycles. The summed E-state index contributed by atoms with van der Waals surface area (Å²) in [5.74, 6) is 0.834. The molecule has 2 N–H and O–H groups in total. The number of benzene rings is 2. The van der Waals surface area contributed by atoms with Gasteiger partial charge in [-0.25, -0.2) is 0 Å². The van der Waals surface area contributed by atoms with E-state index in [1.54, 1.807) is 0 Å². The van der Waals surface area contributed by atoms with Gasteiger partial charge in [0.25, 0.3) is 0 Å². The second kappa shape index (κ2) is 6.55. The van der Waals surface area contributed by atoms with Crippen LogP contribution < -0.4 is 10.5 Å². The van der Waals surface area contributed by atoms with Crippen molar-refractivity contribution in [3.8, 4) is 5.75 Å². The van der Waals surface area contributed by atoms with Gasteiger partial charge < -0.3 is 10.5 Å². The first-order valence-electron chi connectivity index (χ1n) is 6.05. The van der Waals surface area contributed by atoms with Crippen LogP contribution in [-0.4, -0.2) is 6.61 Å². The molecule has 0 aromatic heterocycles. The molecule has 1 atom stereocenters. The van der Waals surface area contributed by atoms with E-state index in [0.717, 1.165) is 25.8 Å². The van der Waals surface area contributed by atoms with E-state index in [0.29, 0.717) is 6.61 Å². The Morgan fingerprint density at radius 1 is 1.05 bits per heavy atom. The van der Waals surface area contributed by atoms with E-state index in [9.17, 15) is 0 Å². The summed E-state index contributed by atoms with van der Waals surface area (Å²) in [6.45, 7) is 2.60. The number of hydrogen-bond acceptors (Lipinski definition) is 2. The highest BCUT2D eigenvalue weighted by Crippen LogP contribution is 2.31. The number of nitrogens with two attached hydrogens (primary N) is 1. The molecule has 2 aromatic carbocycles. The molecule has 1 unspecified atom stereocenters. The molecule has 0 radical (unpaired) electrons. The average molecular weight is 385 g/mol. The van der Waals surface area contributed by atoms with Crippen molar-refractivity contribution < 1.29 is 4.74 Å². The molecule has 0 aliphatic heterocycles. The first-order valence-corrected chi connectivity index (χ1v) is 7.63. The molecule has 0 aliphatic rings. The molecule has 2 rings (SSSR count). The first-order chi connectivity index (χ1) is 9.11. The zero-order valence-corrected chi connectivity index (χ0v) is 13.7. The van der Waals surface area contributed by atoms with Crippen molar-refractivity contribution in [1.82, 2.24) is 0 Å². The van der Waals surface area contributed by atoms with Gasteiger partial charge in [0.2, 0.25) is 0 Å². The van der Waals surface area contributed by atoms with Crippen LogP contribution in [0.25, 0.3) is 0 Å². The monoisotopic (exact) mass is 383 g/mol. The molecule has 0 fully saturated rings. The van der Waals surface area contributed by atoms with Crippen LogP contribution in [0.1, 0.15) is 24.1 Å². The Morgan fingerprint density at radius 2 is 1.68 bits per heavy atom. The van der Waals surface area contributed by atoms with Gasteiger partial charge in [-0.2, -0.15) is 0 Å². The molecule has 19 heavy (non-hydrogen) atoms. The van der Waals surface area contributed by atoms with Gasteiger partial charge >= 0.3 is 0 Å². The van der Waals surface area contributed by atoms with Crippen molar-refractivity contribution in [3.05, 3.63) is 62.5 Å². The molecule has 0 amide bonds. The normalized spacial score (nSPS) is 12.2. The Labute approximate surface area is 130 Å². The number of rotatable bonds is 4. The molecule has 0 aliphatic carbocycles. The molecule has 0 spiro atoms. The SMILES string of the molecule is CCOc1ccc(Br)cc1C(N)c1ccc(Br)cc1. The predicted molar refractivity (Wildman–Crippen MR) is 85.5 cm³/mol. The van der Waals surface area contributed by atoms with E-state index >= 15 is 0 Å². The summed E-state index contributed by atoms with van der Waals surface area (Å²) in [6.07, 6.45) is 0. The maximum Gasteiger partial charge on any atom is 0.124 e. The van der Waals surface area contributed by atoms with Crippen LogP contribution in [-0.2, 0) is 0 Å². The van der Waals surface area contributed by atoms with Crippen molar-refractivity contribution in [1.29, 1.82) is 0 Å². The van der Waals surface area contributed by atoms with Crippen LogP contribution in [0.3, 0.4) is 0 Å². The number of ether oxygens (including phenoxy) is 1. The predicted octanol–water partition coefficient (Wildman–Crippen LogP) is 4.66. The average Bonchev–Trinajstić information content (AvgIpc) is 2.41. The third-order valence-corrected chi connectivity index (χ3v) is 3.86. The topological polar surface area (TPSA) is 35.2 Å². The summed E-state index contributed by atoms with van der Waals surface area (Å²) in [7, 11) is 0. The fourth-order valence-electron chi connectivity index (χ4n) is 1.90. The standard InChI is InChI=1S/C15H15Br2NO/c1-2-19-14-8-7-12(17)9-13(14)15(18)10-3-5-11(16)6-4-10/h3-9,15H,2,18H2,1H3. The van der Waals surface area contributed by atoms with Gasteiger partial charge in [0.1, 0.15) is 5.75 Å². The quantitative estimate of drug-likeness (QED) is 0.831. The van der Waals surface area contributed by atoms with E-state index in [4.69, 9.17) is 10.5 Å². The van der Waals surface area contributed by atoms with Crippen molar-refractivity contribution in [3.63, 3.8) is 0 Å². The Bertz CT molecular complexity index is 555. The Hall–Kier alpha value is -0.840. The largest absolute Gasteiger partial charge is 0.494 e. The van der Waals surface area contributed by atoms with Gasteiger partial charge in [-0.3, -0.25) is 0 Å². The van der Waals surface area contributed by atoms with Gasteiger partial charge in [-0.1, -0.05) is 44.0 Å². The summed E-state index contributed by atoms with van der Waals surface area (Å²) in [5.41, 5.74) is 8.39. The molecule has 0 saturated carbocycles. The van der Waals surface area contributed by atoms with Crippen molar-refractivity contribution in [2.45, 2.75) is 13.0 Å². The minimum absolute atomic E-state index is 0.202. The molecular weight excluding hydrogens is 370 g/mol. The zero-order valence-electron chi connectivity index (χ0n) is 10.6. The highest BCUT2D eigenvalue weighted by molar-refractivity contribution is 9.10. The second-order valence-electron chi connectivity index (χ2n) is 4.14. The minimum atomic E-state index is -0.202. The summed E-state index contributed by atoms with van der Waals surface area (Å²) in [5, 5.41) is 0. The van der Waals surface area contributed by atoms with Crippen LogP contribution in [0.2, 0.25) is 0 Å². The van der Waals surface area contributed by atoms with Crippen molar-refractivity contribution >= 4 is 31.9 Å². The Kier molecular flexibility index (Phi) is 5.02. The van der Waals surface area contributed by atoms with E-state index in [-0.39, 0.29) is 6.04 Å². The molecule has 0 bridgehead atoms. The molecule has 2 aromatic rings. The van der Waals surface area contributed by atoms with E-state index in [2.05, 4.69) is 31.9 Å². The van der Waals surface area contributed by atoms with Crippen LogP contribution in [0, 0.1) is 0 Å². The lowest BCUT2D eigenvalue weighted by Crippen LogP contribution is -2.13. The van der Waals surface area contributed by atoms with Crippen LogP contribution in [0.5, 0.6) is 5.75 Å². The summed E-state index contributed by atoms with van der Waals surface area (Å²) in [4.78, 5) is 0. The number of hydrogen-bond donors (Lipinski definition) is 1. The van der Waals surface area contributed by atoms with E-state index in [1.165, 1.54) is 0 Å². The lowest BCUT2D eigenvalue weighted by atomic mass is 9.99. The van der Waals surface area contributed by atoms with Crippen LogP contribution >= 0.6 is 31.9 Å². The maximum absolute atomic E-state index is 6.35. The molecule has 0 saturated heterocycles. The summed E-state index contributed by atoms with van der Waals surface area (Å²) in [6, 6.07) is 13.7. The Morgan fingerprint density at radius 3 is 2.32 bits per heavy atom. The fraction of sp³-hybridized carbons (Fsp3) is 0.200. The first kappa shape index (κ1) is 14.6.